The van der Waals surface area contributed by atoms with Crippen LogP contribution in [0.15, 0.2) is 24.3 Å². The molecule has 0 aliphatic rings. The fourth-order valence-electron chi connectivity index (χ4n) is 1.13. The second kappa shape index (κ2) is 21.8. The first-order valence-electron chi connectivity index (χ1n) is 4.53. The van der Waals surface area contributed by atoms with E-state index in [1.54, 1.807) is 0 Å². The number of hydrogen-bond donors (Lipinski definition) is 0. The normalized spacial score (nSPS) is 6.79. The van der Waals surface area contributed by atoms with Crippen molar-refractivity contribution in [3.05, 3.63) is 55.3 Å². The van der Waals surface area contributed by atoms with Crippen molar-refractivity contribution in [3.63, 3.8) is 0 Å². The zero-order chi connectivity index (χ0) is 15.0. The Morgan fingerprint density at radius 1 is 1.05 bits per heavy atom. The number of rotatable bonds is 3. The van der Waals surface area contributed by atoms with Crippen molar-refractivity contribution in [2.75, 3.05) is 14.1 Å². The van der Waals surface area contributed by atoms with E-state index in [1.807, 2.05) is 43.3 Å². The maximum atomic E-state index is 10.6. The Balaban J connectivity index is -0.000000142. The molecule has 1 aromatic carbocycles. The Bertz CT molecular complexity index is 371. The maximum Gasteiger partial charge on any atom is 3.00 e. The van der Waals surface area contributed by atoms with Crippen molar-refractivity contribution < 1.29 is 36.1 Å². The first-order chi connectivity index (χ1) is 8.74. The molecule has 0 fully saturated rings. The summed E-state index contributed by atoms with van der Waals surface area (Å²) in [5.74, 6) is 0. The SMILES string of the molecule is CN(C)Cc1ccccc1C=O.[C-]#[O+].[C-]#[O+].[C-]#[O+].[Cr+3]. The molecule has 0 aromatic heterocycles. The molecule has 97 valence electrons. The zero-order valence-corrected chi connectivity index (χ0v) is 11.9. The quantitative estimate of drug-likeness (QED) is 0.481. The predicted octanol–water partition coefficient (Wildman–Crippen LogP) is 1.45. The summed E-state index contributed by atoms with van der Waals surface area (Å²) in [6.45, 7) is 14.3. The third kappa shape index (κ3) is 14.5. The molecule has 0 spiro atoms. The second-order valence-electron chi connectivity index (χ2n) is 3.05. The average molecular weight is 299 g/mol. The topological polar surface area (TPSA) is 80.0 Å². The Morgan fingerprint density at radius 3 is 1.84 bits per heavy atom. The van der Waals surface area contributed by atoms with Gasteiger partial charge in [-0.2, -0.15) is 0 Å². The molecule has 0 N–H and O–H groups in total. The minimum Gasteiger partial charge on any atom is 3.00 e. The summed E-state index contributed by atoms with van der Waals surface area (Å²) in [5.41, 5.74) is 1.86. The van der Waals surface area contributed by atoms with Gasteiger partial charge in [0.15, 0.2) is 0 Å². The van der Waals surface area contributed by atoms with Crippen LogP contribution in [0.25, 0.3) is 0 Å². The molecule has 0 heterocycles. The van der Waals surface area contributed by atoms with E-state index in [2.05, 4.69) is 20.0 Å². The van der Waals surface area contributed by atoms with Crippen LogP contribution in [0.3, 0.4) is 0 Å². The van der Waals surface area contributed by atoms with Crippen molar-refractivity contribution in [2.45, 2.75) is 6.54 Å². The summed E-state index contributed by atoms with van der Waals surface area (Å²) in [5, 5.41) is 0. The van der Waals surface area contributed by atoms with Crippen molar-refractivity contribution in [2.24, 2.45) is 0 Å². The molecule has 0 atom stereocenters. The van der Waals surface area contributed by atoms with Gasteiger partial charge in [0.25, 0.3) is 0 Å². The molecule has 19 heavy (non-hydrogen) atoms. The van der Waals surface area contributed by atoms with E-state index < -0.39 is 0 Å². The average Bonchev–Trinajstić information content (AvgIpc) is 2.45. The third-order valence-electron chi connectivity index (χ3n) is 1.67. The van der Waals surface area contributed by atoms with Crippen LogP contribution in [0.1, 0.15) is 15.9 Å². The Hall–Kier alpha value is -1.40. The molecule has 0 amide bonds. The van der Waals surface area contributed by atoms with Gasteiger partial charge >= 0.3 is 51.3 Å². The van der Waals surface area contributed by atoms with Crippen molar-refractivity contribution in [1.29, 1.82) is 0 Å². The molecule has 0 unspecified atom stereocenters. The van der Waals surface area contributed by atoms with Gasteiger partial charge in [0, 0.05) is 12.1 Å². The van der Waals surface area contributed by atoms with Crippen LogP contribution in [0.4, 0.5) is 0 Å². The van der Waals surface area contributed by atoms with Gasteiger partial charge in [0.1, 0.15) is 6.29 Å². The molecule has 5 nitrogen and oxygen atoms in total. The van der Waals surface area contributed by atoms with Gasteiger partial charge in [-0.3, -0.25) is 4.79 Å². The predicted molar refractivity (Wildman–Crippen MR) is 61.0 cm³/mol. The molecule has 0 bridgehead atoms. The summed E-state index contributed by atoms with van der Waals surface area (Å²) < 4.78 is 22.5. The molecule has 0 saturated heterocycles. The minimum absolute atomic E-state index is 0. The Kier molecular flexibility index (Phi) is 30.1. The summed E-state index contributed by atoms with van der Waals surface area (Å²) in [7, 11) is 3.98. The van der Waals surface area contributed by atoms with Crippen LogP contribution in [0, 0.1) is 20.0 Å². The first-order valence-corrected chi connectivity index (χ1v) is 4.53. The molecule has 0 aliphatic carbocycles. The summed E-state index contributed by atoms with van der Waals surface area (Å²) in [6, 6.07) is 7.64. The molecule has 0 saturated carbocycles. The molecule has 1 aromatic rings. The van der Waals surface area contributed by atoms with Crippen molar-refractivity contribution >= 4 is 6.29 Å². The first kappa shape index (κ1) is 26.2. The second-order valence-corrected chi connectivity index (χ2v) is 3.05. The van der Waals surface area contributed by atoms with Crippen molar-refractivity contribution in [1.82, 2.24) is 4.90 Å². The van der Waals surface area contributed by atoms with Gasteiger partial charge in [-0.15, -0.1) is 0 Å². The molecular formula is C13H13CrNO4+3. The van der Waals surface area contributed by atoms with E-state index in [9.17, 15) is 4.79 Å². The largest absolute Gasteiger partial charge is 3.00 e. The molecule has 1 rings (SSSR count). The number of hydrogen-bond acceptors (Lipinski definition) is 2. The Labute approximate surface area is 123 Å². The number of aldehydes is 1. The third-order valence-corrected chi connectivity index (χ3v) is 1.67. The number of carbonyl (C=O) groups is 1. The van der Waals surface area contributed by atoms with E-state index in [0.29, 0.717) is 0 Å². The monoisotopic (exact) mass is 299 g/mol. The van der Waals surface area contributed by atoms with E-state index in [4.69, 9.17) is 14.0 Å². The Morgan fingerprint density at radius 2 is 1.47 bits per heavy atom. The minimum atomic E-state index is 0. The van der Waals surface area contributed by atoms with Crippen LogP contribution in [-0.2, 0) is 37.9 Å². The van der Waals surface area contributed by atoms with Crippen molar-refractivity contribution in [3.8, 4) is 0 Å². The smallest absolute Gasteiger partial charge is 3.00 e. The molecular weight excluding hydrogens is 286 g/mol. The van der Waals surface area contributed by atoms with Crippen LogP contribution in [0.5, 0.6) is 0 Å². The summed E-state index contributed by atoms with van der Waals surface area (Å²) in [4.78, 5) is 12.6. The van der Waals surface area contributed by atoms with Gasteiger partial charge < -0.3 is 4.90 Å². The van der Waals surface area contributed by atoms with Gasteiger partial charge in [-0.25, -0.2) is 0 Å². The summed E-state index contributed by atoms with van der Waals surface area (Å²) >= 11 is 0. The van der Waals surface area contributed by atoms with E-state index in [-0.39, 0.29) is 17.4 Å². The van der Waals surface area contributed by atoms with Crippen LogP contribution in [0.2, 0.25) is 0 Å². The number of benzene rings is 1. The van der Waals surface area contributed by atoms with Gasteiger partial charge in [0.05, 0.1) is 0 Å². The molecule has 1 radical (unpaired) electrons. The number of nitrogens with zero attached hydrogens (tertiary/aromatic N) is 1. The van der Waals surface area contributed by atoms with Crippen LogP contribution < -0.4 is 0 Å². The molecule has 0 aliphatic heterocycles. The fourth-order valence-corrected chi connectivity index (χ4v) is 1.13. The number of carbonyl (C=O) groups excluding carboxylic acids is 1. The van der Waals surface area contributed by atoms with Gasteiger partial charge in [0.2, 0.25) is 0 Å². The zero-order valence-electron chi connectivity index (χ0n) is 10.6. The van der Waals surface area contributed by atoms with Crippen LogP contribution >= 0.6 is 0 Å². The van der Waals surface area contributed by atoms with Gasteiger partial charge in [-0.05, 0) is 19.7 Å². The van der Waals surface area contributed by atoms with E-state index in [1.165, 1.54) is 0 Å². The fraction of sp³-hybridized carbons (Fsp3) is 0.231. The molecule has 6 heteroatoms. The van der Waals surface area contributed by atoms with E-state index >= 15 is 0 Å². The summed E-state index contributed by atoms with van der Waals surface area (Å²) in [6.07, 6.45) is 0.902. The van der Waals surface area contributed by atoms with Crippen LogP contribution in [-0.4, -0.2) is 25.3 Å². The standard InChI is InChI=1S/C10H13NO.3CO.Cr/c1-11(2)7-9-5-3-4-6-10(9)8-12;3*1-2;/h3-6,8H,7H2,1-2H3;;;;/q;;;;+3. The maximum absolute atomic E-state index is 10.6. The van der Waals surface area contributed by atoms with Gasteiger partial charge in [-0.1, -0.05) is 24.3 Å². The van der Waals surface area contributed by atoms with E-state index in [0.717, 1.165) is 24.0 Å².